The Hall–Kier alpha value is -1.07. The zero-order valence-electron chi connectivity index (χ0n) is 10.6. The molecule has 1 fully saturated rings. The molecule has 0 aliphatic carbocycles. The van der Waals surface area contributed by atoms with Crippen LogP contribution in [0.3, 0.4) is 0 Å². The van der Waals surface area contributed by atoms with Crippen LogP contribution in [-0.2, 0) is 9.59 Å². The summed E-state index contributed by atoms with van der Waals surface area (Å²) in [6, 6.07) is 2.78. The van der Waals surface area contributed by atoms with Gasteiger partial charge in [-0.3, -0.25) is 9.59 Å². The molecule has 1 unspecified atom stereocenters. The summed E-state index contributed by atoms with van der Waals surface area (Å²) >= 11 is 7.15. The fourth-order valence-corrected chi connectivity index (χ4v) is 3.24. The van der Waals surface area contributed by atoms with Crippen LogP contribution >= 0.6 is 23.4 Å². The Morgan fingerprint density at radius 1 is 1.53 bits per heavy atom. The molecular formula is C13H13ClFNO2S. The van der Waals surface area contributed by atoms with Crippen LogP contribution in [0.15, 0.2) is 12.1 Å². The maximum absolute atomic E-state index is 13.4. The van der Waals surface area contributed by atoms with Gasteiger partial charge in [-0.25, -0.2) is 4.39 Å². The van der Waals surface area contributed by atoms with Crippen LogP contribution in [-0.4, -0.2) is 22.8 Å². The van der Waals surface area contributed by atoms with Crippen molar-refractivity contribution in [2.75, 3.05) is 11.4 Å². The summed E-state index contributed by atoms with van der Waals surface area (Å²) in [5.41, 5.74) is 0.951. The van der Waals surface area contributed by atoms with Crippen molar-refractivity contribution < 1.29 is 14.0 Å². The number of thioether (sulfide) groups is 1. The number of halogens is 2. The van der Waals surface area contributed by atoms with Crippen molar-refractivity contribution in [3.63, 3.8) is 0 Å². The Labute approximate surface area is 120 Å². The van der Waals surface area contributed by atoms with E-state index in [4.69, 9.17) is 11.6 Å². The highest BCUT2D eigenvalue weighted by Crippen LogP contribution is 2.34. The number of nitrogens with zero attached hydrogens (tertiary/aromatic N) is 1. The third-order valence-corrected chi connectivity index (χ3v) is 4.22. The quantitative estimate of drug-likeness (QED) is 0.842. The van der Waals surface area contributed by atoms with Gasteiger partial charge in [0, 0.05) is 25.1 Å². The molecule has 3 nitrogen and oxygen atoms in total. The molecule has 6 heteroatoms. The first-order valence-electron chi connectivity index (χ1n) is 5.81. The second-order valence-corrected chi connectivity index (χ2v) is 6.38. The second-order valence-electron chi connectivity index (χ2n) is 4.49. The van der Waals surface area contributed by atoms with E-state index in [0.29, 0.717) is 24.2 Å². The maximum atomic E-state index is 13.4. The number of amides is 1. The standard InChI is InChI=1S/C13H13ClFNO2S/c1-7-3-12(10(14)5-11(7)15)16-6-9(4-13(16)18)19-8(2)17/h3,5,9H,4,6H2,1-2H3. The van der Waals surface area contributed by atoms with Crippen molar-refractivity contribution in [2.24, 2.45) is 0 Å². The molecule has 0 aromatic heterocycles. The molecule has 1 aromatic rings. The molecule has 0 saturated carbocycles. The third kappa shape index (κ3) is 3.09. The van der Waals surface area contributed by atoms with E-state index in [9.17, 15) is 14.0 Å². The summed E-state index contributed by atoms with van der Waals surface area (Å²) in [5.74, 6) is -0.485. The van der Waals surface area contributed by atoms with Crippen LogP contribution in [0.4, 0.5) is 10.1 Å². The van der Waals surface area contributed by atoms with Gasteiger partial charge in [0.05, 0.1) is 10.7 Å². The van der Waals surface area contributed by atoms with Gasteiger partial charge >= 0.3 is 0 Å². The van der Waals surface area contributed by atoms with Gasteiger partial charge in [-0.1, -0.05) is 23.4 Å². The minimum absolute atomic E-state index is 0.0129. The molecule has 102 valence electrons. The van der Waals surface area contributed by atoms with E-state index >= 15 is 0 Å². The van der Waals surface area contributed by atoms with Crippen molar-refractivity contribution in [2.45, 2.75) is 25.5 Å². The highest BCUT2D eigenvalue weighted by Gasteiger charge is 2.33. The van der Waals surface area contributed by atoms with Gasteiger partial charge in [0.15, 0.2) is 5.12 Å². The fourth-order valence-electron chi connectivity index (χ4n) is 2.07. The van der Waals surface area contributed by atoms with Crippen LogP contribution in [0.5, 0.6) is 0 Å². The molecule has 1 amide bonds. The predicted molar refractivity (Wildman–Crippen MR) is 75.2 cm³/mol. The Kier molecular flexibility index (Phi) is 4.16. The molecule has 2 rings (SSSR count). The van der Waals surface area contributed by atoms with Crippen LogP contribution in [0.1, 0.15) is 18.9 Å². The van der Waals surface area contributed by atoms with Crippen molar-refractivity contribution in [1.29, 1.82) is 0 Å². The Morgan fingerprint density at radius 3 is 2.84 bits per heavy atom. The van der Waals surface area contributed by atoms with Crippen LogP contribution in [0.25, 0.3) is 0 Å². The summed E-state index contributed by atoms with van der Waals surface area (Å²) in [6.07, 6.45) is 0.303. The van der Waals surface area contributed by atoms with Crippen molar-refractivity contribution >= 4 is 40.1 Å². The van der Waals surface area contributed by atoms with Crippen molar-refractivity contribution in [1.82, 2.24) is 0 Å². The summed E-state index contributed by atoms with van der Waals surface area (Å²) in [7, 11) is 0. The summed E-state index contributed by atoms with van der Waals surface area (Å²) in [4.78, 5) is 24.6. The summed E-state index contributed by atoms with van der Waals surface area (Å²) in [6.45, 7) is 3.53. The highest BCUT2D eigenvalue weighted by molar-refractivity contribution is 8.14. The van der Waals surface area contributed by atoms with E-state index in [0.717, 1.165) is 11.8 Å². The first-order chi connectivity index (χ1) is 8.88. The van der Waals surface area contributed by atoms with E-state index in [-0.39, 0.29) is 21.3 Å². The minimum Gasteiger partial charge on any atom is -0.310 e. The number of aryl methyl sites for hydroxylation is 1. The lowest BCUT2D eigenvalue weighted by Gasteiger charge is -2.18. The van der Waals surface area contributed by atoms with Crippen LogP contribution in [0.2, 0.25) is 5.02 Å². The molecule has 1 saturated heterocycles. The lowest BCUT2D eigenvalue weighted by atomic mass is 10.2. The lowest BCUT2D eigenvalue weighted by Crippen LogP contribution is -2.25. The number of benzene rings is 1. The zero-order valence-corrected chi connectivity index (χ0v) is 12.1. The predicted octanol–water partition coefficient (Wildman–Crippen LogP) is 3.17. The van der Waals surface area contributed by atoms with Gasteiger partial charge in [-0.15, -0.1) is 0 Å². The Morgan fingerprint density at radius 2 is 2.21 bits per heavy atom. The Balaban J connectivity index is 2.25. The normalized spacial score (nSPS) is 19.1. The third-order valence-electron chi connectivity index (χ3n) is 2.94. The van der Waals surface area contributed by atoms with Crippen molar-refractivity contribution in [3.05, 3.63) is 28.5 Å². The molecule has 1 atom stereocenters. The Bertz CT molecular complexity index is 550. The average Bonchev–Trinajstić information content (AvgIpc) is 2.63. The van der Waals surface area contributed by atoms with Gasteiger partial charge in [-0.05, 0) is 24.6 Å². The number of rotatable bonds is 2. The van der Waals surface area contributed by atoms with Gasteiger partial charge in [0.2, 0.25) is 5.91 Å². The van der Waals surface area contributed by atoms with Gasteiger partial charge in [0.1, 0.15) is 5.82 Å². The highest BCUT2D eigenvalue weighted by atomic mass is 35.5. The fraction of sp³-hybridized carbons (Fsp3) is 0.385. The van der Waals surface area contributed by atoms with E-state index in [2.05, 4.69) is 0 Å². The molecule has 0 bridgehead atoms. The molecule has 1 heterocycles. The van der Waals surface area contributed by atoms with E-state index < -0.39 is 5.82 Å². The molecule has 0 N–H and O–H groups in total. The number of hydrogen-bond acceptors (Lipinski definition) is 3. The average molecular weight is 302 g/mol. The summed E-state index contributed by atoms with van der Waals surface area (Å²) < 4.78 is 13.4. The van der Waals surface area contributed by atoms with E-state index in [1.54, 1.807) is 13.0 Å². The molecular weight excluding hydrogens is 289 g/mol. The smallest absolute Gasteiger partial charge is 0.228 e. The van der Waals surface area contributed by atoms with E-state index in [1.165, 1.54) is 17.9 Å². The first kappa shape index (κ1) is 14.3. The molecule has 1 aliphatic rings. The molecule has 0 radical (unpaired) electrons. The summed E-state index contributed by atoms with van der Waals surface area (Å²) in [5, 5.41) is 0.136. The van der Waals surface area contributed by atoms with Crippen LogP contribution in [0, 0.1) is 12.7 Å². The minimum atomic E-state index is -0.393. The number of carbonyl (C=O) groups is 2. The van der Waals surface area contributed by atoms with Gasteiger partial charge < -0.3 is 4.90 Å². The monoisotopic (exact) mass is 301 g/mol. The first-order valence-corrected chi connectivity index (χ1v) is 7.07. The van der Waals surface area contributed by atoms with Gasteiger partial charge in [-0.2, -0.15) is 0 Å². The largest absolute Gasteiger partial charge is 0.310 e. The second kappa shape index (κ2) is 5.51. The zero-order chi connectivity index (χ0) is 14.2. The number of hydrogen-bond donors (Lipinski definition) is 0. The molecule has 1 aromatic carbocycles. The van der Waals surface area contributed by atoms with Gasteiger partial charge in [0.25, 0.3) is 0 Å². The topological polar surface area (TPSA) is 37.4 Å². The van der Waals surface area contributed by atoms with E-state index in [1.807, 2.05) is 0 Å². The SMILES string of the molecule is CC(=O)SC1CC(=O)N(c2cc(C)c(F)cc2Cl)C1. The van der Waals surface area contributed by atoms with Crippen LogP contribution < -0.4 is 4.90 Å². The maximum Gasteiger partial charge on any atom is 0.228 e. The van der Waals surface area contributed by atoms with Crippen molar-refractivity contribution in [3.8, 4) is 0 Å². The number of carbonyl (C=O) groups excluding carboxylic acids is 2. The lowest BCUT2D eigenvalue weighted by molar-refractivity contribution is -0.117. The molecule has 19 heavy (non-hydrogen) atoms. The number of anilines is 1. The molecule has 1 aliphatic heterocycles. The molecule has 0 spiro atoms.